The first kappa shape index (κ1) is 17.2. The van der Waals surface area contributed by atoms with Crippen LogP contribution in [0.4, 0.5) is 0 Å². The van der Waals surface area contributed by atoms with Gasteiger partial charge in [0.1, 0.15) is 11.6 Å². The summed E-state index contributed by atoms with van der Waals surface area (Å²) in [5.74, 6) is 1.95. The van der Waals surface area contributed by atoms with Gasteiger partial charge in [-0.3, -0.25) is 0 Å². The van der Waals surface area contributed by atoms with E-state index in [0.29, 0.717) is 23.9 Å². The van der Waals surface area contributed by atoms with Crippen LogP contribution in [0, 0.1) is 0 Å². The lowest BCUT2D eigenvalue weighted by atomic mass is 10.2. The highest BCUT2D eigenvalue weighted by molar-refractivity contribution is 7.13. The first-order valence-corrected chi connectivity index (χ1v) is 9.15. The second kappa shape index (κ2) is 7.55. The molecule has 4 rings (SSSR count). The van der Waals surface area contributed by atoms with Crippen LogP contribution >= 0.6 is 11.3 Å². The van der Waals surface area contributed by atoms with Crippen LogP contribution in [0.3, 0.4) is 0 Å². The van der Waals surface area contributed by atoms with E-state index in [1.54, 1.807) is 19.0 Å². The van der Waals surface area contributed by atoms with Crippen molar-refractivity contribution in [2.24, 2.45) is 0 Å². The number of tetrazole rings is 1. The van der Waals surface area contributed by atoms with Gasteiger partial charge in [0.25, 0.3) is 0 Å². The first-order chi connectivity index (χ1) is 13.3. The van der Waals surface area contributed by atoms with E-state index in [1.807, 2.05) is 53.9 Å². The number of rotatable bonds is 6. The standard InChI is InChI=1S/C19H17N5O2S/c1-25-16-10-6-9-15(17(16)26-2)19-20-14(12-27-19)11-24-22-18(21-23-24)13-7-4-3-5-8-13/h3-10,12H,11H2,1-2H3. The van der Waals surface area contributed by atoms with Crippen LogP contribution in [0.5, 0.6) is 11.5 Å². The van der Waals surface area contributed by atoms with Crippen molar-refractivity contribution in [3.05, 3.63) is 59.6 Å². The molecule has 0 aliphatic heterocycles. The molecule has 0 bridgehead atoms. The number of ether oxygens (including phenoxy) is 2. The Balaban J connectivity index is 1.57. The van der Waals surface area contributed by atoms with Crippen molar-refractivity contribution in [2.75, 3.05) is 14.2 Å². The number of benzene rings is 2. The molecule has 8 heteroatoms. The Bertz CT molecular complexity index is 1050. The fraction of sp³-hybridized carbons (Fsp3) is 0.158. The van der Waals surface area contributed by atoms with E-state index in [0.717, 1.165) is 21.8 Å². The third-order valence-electron chi connectivity index (χ3n) is 3.97. The fourth-order valence-corrected chi connectivity index (χ4v) is 3.55. The number of methoxy groups -OCH3 is 2. The molecular formula is C19H17N5O2S. The summed E-state index contributed by atoms with van der Waals surface area (Å²) in [5, 5.41) is 15.5. The molecule has 2 aromatic carbocycles. The highest BCUT2D eigenvalue weighted by Gasteiger charge is 2.15. The van der Waals surface area contributed by atoms with Gasteiger partial charge in [0.2, 0.25) is 5.82 Å². The summed E-state index contributed by atoms with van der Waals surface area (Å²) < 4.78 is 10.9. The molecule has 27 heavy (non-hydrogen) atoms. The highest BCUT2D eigenvalue weighted by atomic mass is 32.1. The van der Waals surface area contributed by atoms with Gasteiger partial charge < -0.3 is 9.47 Å². The highest BCUT2D eigenvalue weighted by Crippen LogP contribution is 2.38. The maximum absolute atomic E-state index is 5.50. The SMILES string of the molecule is COc1cccc(-c2nc(Cn3nnc(-c4ccccc4)n3)cs2)c1OC. The van der Waals surface area contributed by atoms with Crippen LogP contribution in [-0.2, 0) is 6.54 Å². The van der Waals surface area contributed by atoms with Gasteiger partial charge in [-0.15, -0.1) is 21.5 Å². The number of hydrogen-bond acceptors (Lipinski definition) is 7. The van der Waals surface area contributed by atoms with E-state index in [9.17, 15) is 0 Å². The second-order valence-electron chi connectivity index (χ2n) is 5.69. The van der Waals surface area contributed by atoms with Crippen LogP contribution in [-0.4, -0.2) is 39.4 Å². The van der Waals surface area contributed by atoms with Crippen molar-refractivity contribution in [3.8, 4) is 33.5 Å². The predicted octanol–water partition coefficient (Wildman–Crippen LogP) is 3.53. The Morgan fingerprint density at radius 3 is 2.63 bits per heavy atom. The van der Waals surface area contributed by atoms with E-state index < -0.39 is 0 Å². The molecular weight excluding hydrogens is 362 g/mol. The Morgan fingerprint density at radius 1 is 1.00 bits per heavy atom. The maximum Gasteiger partial charge on any atom is 0.204 e. The van der Waals surface area contributed by atoms with Gasteiger partial charge in [0, 0.05) is 10.9 Å². The van der Waals surface area contributed by atoms with Crippen molar-refractivity contribution in [1.82, 2.24) is 25.2 Å². The van der Waals surface area contributed by atoms with E-state index in [4.69, 9.17) is 14.5 Å². The summed E-state index contributed by atoms with van der Waals surface area (Å²) in [6.45, 7) is 0.447. The summed E-state index contributed by atoms with van der Waals surface area (Å²) in [5.41, 5.74) is 2.69. The molecule has 7 nitrogen and oxygen atoms in total. The van der Waals surface area contributed by atoms with E-state index in [2.05, 4.69) is 15.4 Å². The maximum atomic E-state index is 5.50. The smallest absolute Gasteiger partial charge is 0.204 e. The molecule has 2 aromatic heterocycles. The number of hydrogen-bond donors (Lipinski definition) is 0. The molecule has 0 N–H and O–H groups in total. The number of para-hydroxylation sites is 1. The van der Waals surface area contributed by atoms with Crippen molar-refractivity contribution < 1.29 is 9.47 Å². The Kier molecular flexibility index (Phi) is 4.80. The molecule has 0 fully saturated rings. The van der Waals surface area contributed by atoms with Crippen LogP contribution < -0.4 is 9.47 Å². The van der Waals surface area contributed by atoms with Crippen molar-refractivity contribution in [2.45, 2.75) is 6.54 Å². The Labute approximate surface area is 160 Å². The predicted molar refractivity (Wildman–Crippen MR) is 103 cm³/mol. The Morgan fingerprint density at radius 2 is 1.85 bits per heavy atom. The normalized spacial score (nSPS) is 10.7. The average molecular weight is 379 g/mol. The van der Waals surface area contributed by atoms with Gasteiger partial charge in [0.05, 0.1) is 25.5 Å². The zero-order valence-electron chi connectivity index (χ0n) is 14.9. The Hall–Kier alpha value is -3.26. The largest absolute Gasteiger partial charge is 0.493 e. The minimum absolute atomic E-state index is 0.447. The third-order valence-corrected chi connectivity index (χ3v) is 4.90. The van der Waals surface area contributed by atoms with Crippen LogP contribution in [0.1, 0.15) is 5.69 Å². The zero-order valence-corrected chi connectivity index (χ0v) is 15.7. The topological polar surface area (TPSA) is 75.0 Å². The molecule has 0 saturated carbocycles. The van der Waals surface area contributed by atoms with Gasteiger partial charge in [-0.1, -0.05) is 36.4 Å². The van der Waals surface area contributed by atoms with Gasteiger partial charge in [-0.25, -0.2) is 4.98 Å². The number of nitrogens with zero attached hydrogens (tertiary/aromatic N) is 5. The zero-order chi connectivity index (χ0) is 18.6. The summed E-state index contributed by atoms with van der Waals surface area (Å²) in [4.78, 5) is 6.24. The molecule has 0 saturated heterocycles. The first-order valence-electron chi connectivity index (χ1n) is 8.27. The molecule has 0 radical (unpaired) electrons. The van der Waals surface area contributed by atoms with Crippen LogP contribution in [0.2, 0.25) is 0 Å². The molecule has 0 aliphatic carbocycles. The van der Waals surface area contributed by atoms with Gasteiger partial charge in [0.15, 0.2) is 11.5 Å². The van der Waals surface area contributed by atoms with E-state index in [1.165, 1.54) is 11.3 Å². The van der Waals surface area contributed by atoms with Gasteiger partial charge in [-0.2, -0.15) is 4.80 Å². The summed E-state index contributed by atoms with van der Waals surface area (Å²) in [6.07, 6.45) is 0. The number of thiazole rings is 1. The molecule has 4 aromatic rings. The molecule has 2 heterocycles. The third kappa shape index (κ3) is 3.52. The fourth-order valence-electron chi connectivity index (χ4n) is 2.72. The monoisotopic (exact) mass is 379 g/mol. The molecule has 0 amide bonds. The van der Waals surface area contributed by atoms with Gasteiger partial charge in [-0.05, 0) is 17.3 Å². The van der Waals surface area contributed by atoms with Crippen molar-refractivity contribution in [3.63, 3.8) is 0 Å². The summed E-state index contributed by atoms with van der Waals surface area (Å²) in [7, 11) is 3.25. The second-order valence-corrected chi connectivity index (χ2v) is 6.55. The number of aromatic nitrogens is 5. The van der Waals surface area contributed by atoms with Crippen molar-refractivity contribution in [1.29, 1.82) is 0 Å². The van der Waals surface area contributed by atoms with E-state index in [-0.39, 0.29) is 0 Å². The minimum Gasteiger partial charge on any atom is -0.493 e. The summed E-state index contributed by atoms with van der Waals surface area (Å²) in [6, 6.07) is 15.5. The quantitative estimate of drug-likeness (QED) is 0.510. The minimum atomic E-state index is 0.447. The molecule has 0 unspecified atom stereocenters. The lowest BCUT2D eigenvalue weighted by molar-refractivity contribution is 0.356. The lowest BCUT2D eigenvalue weighted by Crippen LogP contribution is -2.04. The van der Waals surface area contributed by atoms with Crippen LogP contribution in [0.15, 0.2) is 53.9 Å². The van der Waals surface area contributed by atoms with Crippen molar-refractivity contribution >= 4 is 11.3 Å². The summed E-state index contributed by atoms with van der Waals surface area (Å²) >= 11 is 1.54. The average Bonchev–Trinajstić information content (AvgIpc) is 3.38. The molecule has 0 aliphatic rings. The van der Waals surface area contributed by atoms with Gasteiger partial charge >= 0.3 is 0 Å². The molecule has 136 valence electrons. The lowest BCUT2D eigenvalue weighted by Gasteiger charge is -2.10. The van der Waals surface area contributed by atoms with E-state index >= 15 is 0 Å². The molecule has 0 atom stereocenters. The van der Waals surface area contributed by atoms with Crippen LogP contribution in [0.25, 0.3) is 22.0 Å². The molecule has 0 spiro atoms.